The lowest BCUT2D eigenvalue weighted by molar-refractivity contribution is 1.42. The van der Waals surface area contributed by atoms with Crippen molar-refractivity contribution < 1.29 is 0 Å². The molecule has 0 unspecified atom stereocenters. The summed E-state index contributed by atoms with van der Waals surface area (Å²) < 4.78 is 2.82. The quantitative estimate of drug-likeness (QED) is 0.730. The van der Waals surface area contributed by atoms with Gasteiger partial charge in [0.15, 0.2) is 16.5 Å². The van der Waals surface area contributed by atoms with Crippen molar-refractivity contribution in [1.29, 1.82) is 0 Å². The summed E-state index contributed by atoms with van der Waals surface area (Å²) in [7, 11) is -3.20. The number of benzene rings is 2. The molecule has 3 rings (SSSR count). The van der Waals surface area contributed by atoms with Gasteiger partial charge < -0.3 is 4.23 Å². The molecule has 0 fully saturated rings. The third-order valence-electron chi connectivity index (χ3n) is 4.63. The van der Waals surface area contributed by atoms with Crippen LogP contribution in [0.25, 0.3) is 0 Å². The molecule has 1 heterocycles. The van der Waals surface area contributed by atoms with E-state index in [0.717, 1.165) is 0 Å². The minimum atomic E-state index is -1.60. The van der Waals surface area contributed by atoms with Crippen LogP contribution in [0.2, 0.25) is 26.2 Å². The van der Waals surface area contributed by atoms with E-state index < -0.39 is 16.5 Å². The van der Waals surface area contributed by atoms with Crippen LogP contribution in [-0.2, 0) is 0 Å². The molecule has 2 aromatic carbocycles. The smallest absolute Gasteiger partial charge is 0.174 e. The van der Waals surface area contributed by atoms with Crippen molar-refractivity contribution in [2.45, 2.75) is 33.1 Å². The maximum Gasteiger partial charge on any atom is 0.174 e. The average molecular weight is 298 g/mol. The minimum absolute atomic E-state index is 1.39. The number of nitrogens with zero attached hydrogens (tertiary/aromatic N) is 1. The lowest BCUT2D eigenvalue weighted by Crippen LogP contribution is -2.60. The Hall–Kier alpha value is -1.33. The molecule has 2 aromatic rings. The molecular formula is C17H23NSi2. The Bertz CT molecular complexity index is 647. The van der Waals surface area contributed by atoms with Crippen molar-refractivity contribution >= 4 is 32.5 Å². The van der Waals surface area contributed by atoms with E-state index in [4.69, 9.17) is 0 Å². The molecule has 0 radical (unpaired) electrons. The zero-order valence-electron chi connectivity index (χ0n) is 13.1. The van der Waals surface area contributed by atoms with E-state index in [1.54, 1.807) is 10.4 Å². The fourth-order valence-corrected chi connectivity index (χ4v) is 16.6. The molecule has 0 atom stereocenters. The van der Waals surface area contributed by atoms with Gasteiger partial charge in [0.2, 0.25) is 0 Å². The maximum absolute atomic E-state index is 2.82. The molecule has 0 amide bonds. The lowest BCUT2D eigenvalue weighted by Gasteiger charge is -2.41. The molecule has 0 saturated heterocycles. The molecule has 1 aliphatic rings. The summed E-state index contributed by atoms with van der Waals surface area (Å²) in [6.45, 7) is 12.2. The van der Waals surface area contributed by atoms with Gasteiger partial charge in [0, 0.05) is 5.69 Å². The van der Waals surface area contributed by atoms with Crippen LogP contribution >= 0.6 is 0 Å². The van der Waals surface area contributed by atoms with Gasteiger partial charge in [0.05, 0.1) is 0 Å². The molecule has 1 nitrogen and oxygen atoms in total. The van der Waals surface area contributed by atoms with Crippen molar-refractivity contribution in [2.75, 3.05) is 4.23 Å². The lowest BCUT2D eigenvalue weighted by atomic mass is 10.2. The van der Waals surface area contributed by atoms with Gasteiger partial charge >= 0.3 is 0 Å². The Morgan fingerprint density at radius 2 is 1.35 bits per heavy atom. The van der Waals surface area contributed by atoms with Gasteiger partial charge in [-0.2, -0.15) is 0 Å². The van der Waals surface area contributed by atoms with Gasteiger partial charge in [0.25, 0.3) is 0 Å². The number of hydrogen-bond acceptors (Lipinski definition) is 1. The molecule has 0 saturated carbocycles. The van der Waals surface area contributed by atoms with Crippen molar-refractivity contribution in [1.82, 2.24) is 0 Å². The Balaban J connectivity index is 2.24. The summed E-state index contributed by atoms with van der Waals surface area (Å²) in [5.74, 6) is 0. The van der Waals surface area contributed by atoms with E-state index in [2.05, 4.69) is 85.9 Å². The van der Waals surface area contributed by atoms with Crippen LogP contribution in [0.1, 0.15) is 5.56 Å². The van der Waals surface area contributed by atoms with E-state index in [-0.39, 0.29) is 0 Å². The van der Waals surface area contributed by atoms with Gasteiger partial charge in [-0.1, -0.05) is 42.0 Å². The first-order chi connectivity index (χ1) is 9.35. The molecular weight excluding hydrogens is 274 g/mol. The number of para-hydroxylation sites is 1. The van der Waals surface area contributed by atoms with E-state index in [1.807, 2.05) is 0 Å². The third kappa shape index (κ3) is 1.80. The van der Waals surface area contributed by atoms with Crippen LogP contribution in [0.3, 0.4) is 0 Å². The van der Waals surface area contributed by atoms with Gasteiger partial charge in [-0.25, -0.2) is 0 Å². The van der Waals surface area contributed by atoms with E-state index in [0.29, 0.717) is 0 Å². The summed E-state index contributed by atoms with van der Waals surface area (Å²) in [4.78, 5) is 0. The fraction of sp³-hybridized carbons (Fsp3) is 0.294. The fourth-order valence-electron chi connectivity index (χ4n) is 3.86. The Morgan fingerprint density at radius 3 is 2.00 bits per heavy atom. The normalized spacial score (nSPS) is 18.9. The Labute approximate surface area is 124 Å². The van der Waals surface area contributed by atoms with Gasteiger partial charge in [0.1, 0.15) is 0 Å². The highest BCUT2D eigenvalue weighted by Gasteiger charge is 2.51. The SMILES string of the molecule is Cc1ccc2c(c1)[Si](C)(C)N(c1ccccc1)[Si]2(C)C. The highest BCUT2D eigenvalue weighted by Crippen LogP contribution is 2.32. The average Bonchev–Trinajstić information content (AvgIpc) is 2.53. The van der Waals surface area contributed by atoms with Crippen LogP contribution < -0.4 is 14.6 Å². The van der Waals surface area contributed by atoms with Crippen LogP contribution in [0.5, 0.6) is 0 Å². The number of aryl methyl sites for hydroxylation is 1. The summed E-state index contributed by atoms with van der Waals surface area (Å²) in [5, 5.41) is 3.29. The second kappa shape index (κ2) is 4.33. The van der Waals surface area contributed by atoms with Crippen molar-refractivity contribution in [3.8, 4) is 0 Å². The van der Waals surface area contributed by atoms with Gasteiger partial charge in [-0.3, -0.25) is 0 Å². The van der Waals surface area contributed by atoms with Crippen molar-refractivity contribution in [3.63, 3.8) is 0 Å². The minimum Gasteiger partial charge on any atom is -0.417 e. The third-order valence-corrected chi connectivity index (χ3v) is 14.5. The van der Waals surface area contributed by atoms with Gasteiger partial charge in [-0.05, 0) is 55.6 Å². The predicted octanol–water partition coefficient (Wildman–Crippen LogP) is 3.34. The number of rotatable bonds is 1. The van der Waals surface area contributed by atoms with Crippen LogP contribution in [0.4, 0.5) is 5.69 Å². The first kappa shape index (κ1) is 13.6. The van der Waals surface area contributed by atoms with Gasteiger partial charge in [-0.15, -0.1) is 0 Å². The maximum atomic E-state index is 2.82. The largest absolute Gasteiger partial charge is 0.417 e. The van der Waals surface area contributed by atoms with E-state index in [1.165, 1.54) is 11.3 Å². The van der Waals surface area contributed by atoms with Crippen LogP contribution in [0, 0.1) is 6.92 Å². The molecule has 0 N–H and O–H groups in total. The molecule has 0 aromatic heterocycles. The molecule has 104 valence electrons. The molecule has 0 aliphatic carbocycles. The monoisotopic (exact) mass is 297 g/mol. The summed E-state index contributed by atoms with van der Waals surface area (Å²) >= 11 is 0. The molecule has 0 spiro atoms. The number of fused-ring (bicyclic) bond motifs is 1. The summed E-state index contributed by atoms with van der Waals surface area (Å²) in [5.41, 5.74) is 2.80. The van der Waals surface area contributed by atoms with E-state index >= 15 is 0 Å². The first-order valence-electron chi connectivity index (χ1n) is 7.32. The standard InChI is InChI=1S/C17H23NSi2/c1-14-11-12-16-17(13-14)20(4,5)18(19(16,2)3)15-9-7-6-8-10-15/h6-13H,1-5H3. The first-order valence-corrected chi connectivity index (χ1v) is 13.2. The topological polar surface area (TPSA) is 3.24 Å². The highest BCUT2D eigenvalue weighted by molar-refractivity contribution is 7.18. The van der Waals surface area contributed by atoms with E-state index in [9.17, 15) is 0 Å². The zero-order valence-corrected chi connectivity index (χ0v) is 15.1. The summed E-state index contributed by atoms with van der Waals surface area (Å²) in [6, 6.07) is 18.1. The Morgan fingerprint density at radius 1 is 0.750 bits per heavy atom. The van der Waals surface area contributed by atoms with Crippen LogP contribution in [-0.4, -0.2) is 16.5 Å². The van der Waals surface area contributed by atoms with Crippen molar-refractivity contribution in [3.05, 3.63) is 54.1 Å². The van der Waals surface area contributed by atoms with Crippen LogP contribution in [0.15, 0.2) is 48.5 Å². The molecule has 1 aliphatic heterocycles. The molecule has 3 heteroatoms. The second-order valence-corrected chi connectivity index (χ2v) is 15.5. The Kier molecular flexibility index (Phi) is 2.96. The zero-order chi connectivity index (χ0) is 14.5. The predicted molar refractivity (Wildman–Crippen MR) is 94.3 cm³/mol. The molecule has 0 bridgehead atoms. The molecule has 20 heavy (non-hydrogen) atoms. The number of hydrogen-bond donors (Lipinski definition) is 0. The van der Waals surface area contributed by atoms with Crippen molar-refractivity contribution in [2.24, 2.45) is 0 Å². The highest BCUT2D eigenvalue weighted by atomic mass is 28.4. The second-order valence-electron chi connectivity index (χ2n) is 6.84. The summed E-state index contributed by atoms with van der Waals surface area (Å²) in [6.07, 6.45) is 0. The number of anilines is 1.